The second-order valence-corrected chi connectivity index (χ2v) is 8.99. The summed E-state index contributed by atoms with van der Waals surface area (Å²) in [6.45, 7) is 6.29. The summed E-state index contributed by atoms with van der Waals surface area (Å²) in [5, 5.41) is 27.8. The van der Waals surface area contributed by atoms with Crippen molar-refractivity contribution in [2.45, 2.75) is 51.4 Å². The molecule has 0 amide bonds. The lowest BCUT2D eigenvalue weighted by Gasteiger charge is -2.26. The number of rotatable bonds is 14. The minimum Gasteiger partial charge on any atom is -0.494 e. The van der Waals surface area contributed by atoms with E-state index in [2.05, 4.69) is 27.7 Å². The highest BCUT2D eigenvalue weighted by Crippen LogP contribution is 2.18. The Morgan fingerprint density at radius 3 is 2.68 bits per heavy atom. The average Bonchev–Trinajstić information content (AvgIpc) is 2.83. The van der Waals surface area contributed by atoms with Gasteiger partial charge in [-0.1, -0.05) is 42.8 Å². The van der Waals surface area contributed by atoms with E-state index in [0.29, 0.717) is 19.6 Å². The van der Waals surface area contributed by atoms with Crippen LogP contribution >= 0.6 is 0 Å². The molecule has 0 spiro atoms. The van der Waals surface area contributed by atoms with Crippen molar-refractivity contribution in [3.8, 4) is 5.75 Å². The quantitative estimate of drug-likeness (QED) is 0.169. The van der Waals surface area contributed by atoms with E-state index >= 15 is 0 Å². The van der Waals surface area contributed by atoms with Crippen LogP contribution in [0.3, 0.4) is 0 Å². The van der Waals surface area contributed by atoms with Gasteiger partial charge in [0.2, 0.25) is 6.54 Å². The molecule has 0 aliphatic carbocycles. The van der Waals surface area contributed by atoms with Crippen LogP contribution in [0.25, 0.3) is 0 Å². The molecule has 8 nitrogen and oxygen atoms in total. The second-order valence-electron chi connectivity index (χ2n) is 8.99. The van der Waals surface area contributed by atoms with Crippen molar-refractivity contribution in [1.82, 2.24) is 15.5 Å². The van der Waals surface area contributed by atoms with Crippen molar-refractivity contribution in [2.75, 3.05) is 39.3 Å². The van der Waals surface area contributed by atoms with E-state index in [4.69, 9.17) is 4.74 Å². The summed E-state index contributed by atoms with van der Waals surface area (Å²) in [6.07, 6.45) is 3.35. The van der Waals surface area contributed by atoms with E-state index in [-0.39, 0.29) is 18.0 Å². The first kappa shape index (κ1) is 26.1. The maximum Gasteiger partial charge on any atom is 0.231 e. The van der Waals surface area contributed by atoms with E-state index in [1.807, 2.05) is 43.3 Å². The van der Waals surface area contributed by atoms with Crippen LogP contribution in [0.1, 0.15) is 48.5 Å². The minimum absolute atomic E-state index is 0.233. The van der Waals surface area contributed by atoms with Crippen LogP contribution in [0.4, 0.5) is 0 Å². The molecule has 1 aliphatic rings. The van der Waals surface area contributed by atoms with E-state index < -0.39 is 12.3 Å². The number of aliphatic hydroxyl groups is 1. The molecular weight excluding hydrogens is 432 g/mol. The predicted octanol–water partition coefficient (Wildman–Crippen LogP) is 3.27. The zero-order chi connectivity index (χ0) is 24.2. The SMILES string of the molecule is Cc1ccccc1C(O)CNC(C[N+](=O)[O-])NCCCOc1cccc(CN2CCCCC2)c1. The first-order valence-corrected chi connectivity index (χ1v) is 12.3. The van der Waals surface area contributed by atoms with Crippen molar-refractivity contribution >= 4 is 0 Å². The molecule has 34 heavy (non-hydrogen) atoms. The van der Waals surface area contributed by atoms with Crippen molar-refractivity contribution < 1.29 is 14.8 Å². The fourth-order valence-electron chi connectivity index (χ4n) is 4.32. The van der Waals surface area contributed by atoms with Gasteiger partial charge < -0.3 is 9.84 Å². The molecule has 0 saturated carbocycles. The molecule has 1 heterocycles. The molecule has 186 valence electrons. The van der Waals surface area contributed by atoms with Gasteiger partial charge in [-0.15, -0.1) is 0 Å². The Morgan fingerprint density at radius 2 is 1.91 bits per heavy atom. The average molecular weight is 471 g/mol. The van der Waals surface area contributed by atoms with Crippen LogP contribution in [-0.2, 0) is 6.54 Å². The van der Waals surface area contributed by atoms with Crippen LogP contribution in [0.5, 0.6) is 5.75 Å². The Kier molecular flexibility index (Phi) is 10.8. The van der Waals surface area contributed by atoms with Gasteiger partial charge in [0.25, 0.3) is 0 Å². The summed E-state index contributed by atoms with van der Waals surface area (Å²) in [5.74, 6) is 0.857. The van der Waals surface area contributed by atoms with E-state index in [1.54, 1.807) is 0 Å². The number of likely N-dealkylation sites (tertiary alicyclic amines) is 1. The largest absolute Gasteiger partial charge is 0.494 e. The number of ether oxygens (including phenoxy) is 1. The Bertz CT molecular complexity index is 889. The van der Waals surface area contributed by atoms with Gasteiger partial charge in [0, 0.05) is 24.6 Å². The molecule has 1 fully saturated rings. The van der Waals surface area contributed by atoms with Crippen molar-refractivity contribution in [1.29, 1.82) is 0 Å². The van der Waals surface area contributed by atoms with Crippen LogP contribution in [0.15, 0.2) is 48.5 Å². The third-order valence-corrected chi connectivity index (χ3v) is 6.17. The lowest BCUT2D eigenvalue weighted by atomic mass is 10.0. The molecular formula is C26H38N4O4. The Labute approximate surface area is 202 Å². The third-order valence-electron chi connectivity index (χ3n) is 6.17. The summed E-state index contributed by atoms with van der Waals surface area (Å²) in [5.41, 5.74) is 3.08. The molecule has 0 bridgehead atoms. The van der Waals surface area contributed by atoms with E-state index in [0.717, 1.165) is 36.5 Å². The zero-order valence-electron chi connectivity index (χ0n) is 20.1. The van der Waals surface area contributed by atoms with Gasteiger partial charge in [-0.25, -0.2) is 0 Å². The summed E-state index contributed by atoms with van der Waals surface area (Å²) in [4.78, 5) is 13.2. The number of benzene rings is 2. The van der Waals surface area contributed by atoms with E-state index in [9.17, 15) is 15.2 Å². The molecule has 8 heteroatoms. The molecule has 2 atom stereocenters. The normalized spacial score (nSPS) is 16.2. The van der Waals surface area contributed by atoms with Crippen LogP contribution in [-0.4, -0.2) is 60.4 Å². The van der Waals surface area contributed by atoms with Crippen LogP contribution in [0, 0.1) is 17.0 Å². The van der Waals surface area contributed by atoms with Crippen LogP contribution in [0.2, 0.25) is 0 Å². The number of aliphatic hydroxyl groups excluding tert-OH is 1. The third kappa shape index (κ3) is 9.02. The lowest BCUT2D eigenvalue weighted by molar-refractivity contribution is -0.484. The van der Waals surface area contributed by atoms with Crippen molar-refractivity contribution in [3.63, 3.8) is 0 Å². The Balaban J connectivity index is 1.38. The lowest BCUT2D eigenvalue weighted by Crippen LogP contribution is -2.48. The molecule has 1 aliphatic heterocycles. The van der Waals surface area contributed by atoms with Crippen LogP contribution < -0.4 is 15.4 Å². The first-order valence-electron chi connectivity index (χ1n) is 12.3. The van der Waals surface area contributed by atoms with Gasteiger partial charge in [0.05, 0.1) is 12.7 Å². The zero-order valence-corrected chi connectivity index (χ0v) is 20.1. The standard InChI is InChI=1S/C26H38N4O4/c1-21-9-3-4-12-24(21)25(31)18-28-26(20-30(32)33)27-13-8-16-34-23-11-7-10-22(17-23)19-29-14-5-2-6-15-29/h3-4,7,9-12,17,25-28,31H,2,5-6,8,13-16,18-20H2,1H3. The van der Waals surface area contributed by atoms with Gasteiger partial charge >= 0.3 is 0 Å². The fraction of sp³-hybridized carbons (Fsp3) is 0.538. The summed E-state index contributed by atoms with van der Waals surface area (Å²) in [7, 11) is 0. The number of aryl methyl sites for hydroxylation is 1. The highest BCUT2D eigenvalue weighted by atomic mass is 16.6. The van der Waals surface area contributed by atoms with E-state index in [1.165, 1.54) is 24.8 Å². The number of nitrogens with one attached hydrogen (secondary N) is 2. The predicted molar refractivity (Wildman–Crippen MR) is 133 cm³/mol. The number of nitrogens with zero attached hydrogens (tertiary/aromatic N) is 2. The number of hydrogen-bond donors (Lipinski definition) is 3. The Hall–Kier alpha value is -2.52. The van der Waals surface area contributed by atoms with Gasteiger partial charge in [0.1, 0.15) is 11.9 Å². The topological polar surface area (TPSA) is 99.9 Å². The molecule has 3 rings (SSSR count). The highest BCUT2D eigenvalue weighted by Gasteiger charge is 2.17. The molecule has 0 aromatic heterocycles. The van der Waals surface area contributed by atoms with Gasteiger partial charge in [-0.05, 0) is 68.1 Å². The van der Waals surface area contributed by atoms with Gasteiger partial charge in [-0.2, -0.15) is 0 Å². The van der Waals surface area contributed by atoms with Gasteiger partial charge in [-0.3, -0.25) is 25.6 Å². The molecule has 2 aromatic rings. The molecule has 3 N–H and O–H groups in total. The number of piperidine rings is 1. The summed E-state index contributed by atoms with van der Waals surface area (Å²) in [6, 6.07) is 15.9. The van der Waals surface area contributed by atoms with Gasteiger partial charge in [0.15, 0.2) is 0 Å². The molecule has 1 saturated heterocycles. The fourth-order valence-corrected chi connectivity index (χ4v) is 4.32. The Morgan fingerprint density at radius 1 is 1.12 bits per heavy atom. The minimum atomic E-state index is -0.724. The summed E-state index contributed by atoms with van der Waals surface area (Å²) < 4.78 is 5.92. The second kappa shape index (κ2) is 14.0. The summed E-state index contributed by atoms with van der Waals surface area (Å²) >= 11 is 0. The molecule has 2 unspecified atom stereocenters. The maximum atomic E-state index is 11.1. The number of nitro groups is 1. The molecule has 2 aromatic carbocycles. The smallest absolute Gasteiger partial charge is 0.231 e. The van der Waals surface area contributed by atoms with Crippen molar-refractivity contribution in [2.24, 2.45) is 0 Å². The number of hydrogen-bond acceptors (Lipinski definition) is 7. The van der Waals surface area contributed by atoms with Crippen molar-refractivity contribution in [3.05, 3.63) is 75.3 Å². The molecule has 0 radical (unpaired) electrons. The highest BCUT2D eigenvalue weighted by molar-refractivity contribution is 5.29. The first-order chi connectivity index (χ1) is 16.5. The monoisotopic (exact) mass is 470 g/mol. The maximum absolute atomic E-state index is 11.1.